The van der Waals surface area contributed by atoms with Gasteiger partial charge >= 0.3 is 0 Å². The number of amides is 2. The van der Waals surface area contributed by atoms with Crippen molar-refractivity contribution in [1.29, 1.82) is 0 Å². The first-order valence-electron chi connectivity index (χ1n) is 7.90. The summed E-state index contributed by atoms with van der Waals surface area (Å²) in [6.07, 6.45) is 1.26. The summed E-state index contributed by atoms with van der Waals surface area (Å²) in [5.41, 5.74) is 0.483. The van der Waals surface area contributed by atoms with Crippen LogP contribution >= 0.6 is 35.8 Å². The molecule has 2 fully saturated rings. The van der Waals surface area contributed by atoms with E-state index >= 15 is 0 Å². The Bertz CT molecular complexity index is 636. The van der Waals surface area contributed by atoms with E-state index in [4.69, 9.17) is 11.6 Å². The predicted molar refractivity (Wildman–Crippen MR) is 101 cm³/mol. The number of nitrogens with zero attached hydrogens (tertiary/aromatic N) is 1. The Balaban J connectivity index is 0.00000225. The number of carbonyl (C=O) groups is 2. The zero-order valence-electron chi connectivity index (χ0n) is 13.5. The van der Waals surface area contributed by atoms with Crippen LogP contribution in [0.25, 0.3) is 0 Å². The van der Waals surface area contributed by atoms with E-state index in [9.17, 15) is 14.0 Å². The van der Waals surface area contributed by atoms with Gasteiger partial charge in [-0.2, -0.15) is 0 Å². The van der Waals surface area contributed by atoms with E-state index in [0.717, 1.165) is 11.6 Å². The second kappa shape index (κ2) is 9.07. The largest absolute Gasteiger partial charge is 0.341 e. The average Bonchev–Trinajstić information content (AvgIpc) is 3.12. The first-order chi connectivity index (χ1) is 11.5. The number of hydrogen-bond acceptors (Lipinski definition) is 4. The Morgan fingerprint density at radius 1 is 1.32 bits per heavy atom. The number of thioether (sulfide) groups is 1. The number of halogens is 3. The van der Waals surface area contributed by atoms with Crippen molar-refractivity contribution < 1.29 is 14.0 Å². The van der Waals surface area contributed by atoms with Gasteiger partial charge in [0.25, 0.3) is 0 Å². The van der Waals surface area contributed by atoms with Gasteiger partial charge in [0.15, 0.2) is 0 Å². The van der Waals surface area contributed by atoms with Gasteiger partial charge in [-0.3, -0.25) is 14.9 Å². The molecule has 9 heteroatoms. The number of likely N-dealkylation sites (tertiary alicyclic amines) is 1. The Morgan fingerprint density at radius 3 is 2.64 bits per heavy atom. The lowest BCUT2D eigenvalue weighted by molar-refractivity contribution is -0.135. The lowest BCUT2D eigenvalue weighted by Gasteiger charge is -2.32. The maximum absolute atomic E-state index is 13.1. The zero-order valence-corrected chi connectivity index (χ0v) is 15.9. The monoisotopic (exact) mass is 407 g/mol. The number of piperidine rings is 1. The third-order valence-corrected chi connectivity index (χ3v) is 5.61. The summed E-state index contributed by atoms with van der Waals surface area (Å²) in [6, 6.07) is 4.02. The Morgan fingerprint density at radius 2 is 2.04 bits per heavy atom. The van der Waals surface area contributed by atoms with Crippen molar-refractivity contribution in [2.24, 2.45) is 5.92 Å². The highest BCUT2D eigenvalue weighted by Gasteiger charge is 2.32. The van der Waals surface area contributed by atoms with Gasteiger partial charge in [0, 0.05) is 36.3 Å². The summed E-state index contributed by atoms with van der Waals surface area (Å²) < 4.78 is 13.1. The Labute approximate surface area is 161 Å². The van der Waals surface area contributed by atoms with Gasteiger partial charge in [-0.15, -0.1) is 24.2 Å². The van der Waals surface area contributed by atoms with Crippen LogP contribution in [-0.2, 0) is 9.59 Å². The normalized spacial score (nSPS) is 20.9. The molecule has 1 aromatic carbocycles. The molecule has 138 valence electrons. The first-order valence-corrected chi connectivity index (χ1v) is 9.43. The van der Waals surface area contributed by atoms with Gasteiger partial charge in [-0.25, -0.2) is 4.39 Å². The minimum absolute atomic E-state index is 0. The van der Waals surface area contributed by atoms with E-state index in [1.54, 1.807) is 11.8 Å². The van der Waals surface area contributed by atoms with Crippen LogP contribution in [-0.4, -0.2) is 47.5 Å². The van der Waals surface area contributed by atoms with Gasteiger partial charge in [0.1, 0.15) is 5.82 Å². The van der Waals surface area contributed by atoms with Crippen molar-refractivity contribution in [3.05, 3.63) is 29.0 Å². The van der Waals surface area contributed by atoms with Gasteiger partial charge in [-0.05, 0) is 31.0 Å². The molecule has 0 saturated carbocycles. The van der Waals surface area contributed by atoms with Crippen LogP contribution in [0.15, 0.2) is 18.2 Å². The summed E-state index contributed by atoms with van der Waals surface area (Å²) in [5, 5.41) is 5.93. The van der Waals surface area contributed by atoms with E-state index in [1.165, 1.54) is 18.2 Å². The topological polar surface area (TPSA) is 61.4 Å². The molecule has 0 bridgehead atoms. The number of benzene rings is 1. The SMILES string of the molecule is Cl.O=C(Nc1ccc(F)c(Cl)c1)C1CCN(C(=O)C2CSCN2)CC1. The molecule has 2 saturated heterocycles. The van der Waals surface area contributed by atoms with Gasteiger partial charge < -0.3 is 10.2 Å². The molecule has 5 nitrogen and oxygen atoms in total. The lowest BCUT2D eigenvalue weighted by atomic mass is 9.95. The minimum Gasteiger partial charge on any atom is -0.341 e. The average molecular weight is 408 g/mol. The van der Waals surface area contributed by atoms with Crippen molar-refractivity contribution in [3.8, 4) is 0 Å². The maximum atomic E-state index is 13.1. The molecule has 0 aliphatic carbocycles. The van der Waals surface area contributed by atoms with E-state index < -0.39 is 5.82 Å². The Kier molecular flexibility index (Phi) is 7.37. The molecular weight excluding hydrogens is 388 g/mol. The van der Waals surface area contributed by atoms with E-state index in [0.29, 0.717) is 31.6 Å². The smallest absolute Gasteiger partial charge is 0.240 e. The third kappa shape index (κ3) is 5.00. The van der Waals surface area contributed by atoms with Crippen LogP contribution in [0.2, 0.25) is 5.02 Å². The summed E-state index contributed by atoms with van der Waals surface area (Å²) in [7, 11) is 0. The van der Waals surface area contributed by atoms with Crippen LogP contribution in [0, 0.1) is 11.7 Å². The molecule has 3 rings (SSSR count). The van der Waals surface area contributed by atoms with E-state index in [2.05, 4.69) is 10.6 Å². The fraction of sp³-hybridized carbons (Fsp3) is 0.500. The summed E-state index contributed by atoms with van der Waals surface area (Å²) >= 11 is 7.44. The second-order valence-corrected chi connectivity index (χ2v) is 7.43. The summed E-state index contributed by atoms with van der Waals surface area (Å²) in [5.74, 6) is 0.979. The highest BCUT2D eigenvalue weighted by Crippen LogP contribution is 2.23. The quantitative estimate of drug-likeness (QED) is 0.808. The number of rotatable bonds is 3. The molecule has 1 unspecified atom stereocenters. The molecule has 1 atom stereocenters. The number of nitrogens with one attached hydrogen (secondary N) is 2. The highest BCUT2D eigenvalue weighted by molar-refractivity contribution is 7.99. The highest BCUT2D eigenvalue weighted by atomic mass is 35.5. The molecule has 2 heterocycles. The fourth-order valence-corrected chi connectivity index (χ4v) is 4.07. The van der Waals surface area contributed by atoms with Gasteiger partial charge in [0.05, 0.1) is 11.1 Å². The number of carbonyl (C=O) groups excluding carboxylic acids is 2. The summed E-state index contributed by atoms with van der Waals surface area (Å²) in [6.45, 7) is 1.17. The molecule has 2 aliphatic heterocycles. The molecule has 0 spiro atoms. The summed E-state index contributed by atoms with van der Waals surface area (Å²) in [4.78, 5) is 26.5. The molecule has 2 amide bonds. The van der Waals surface area contributed by atoms with Crippen LogP contribution in [0.1, 0.15) is 12.8 Å². The van der Waals surface area contributed by atoms with E-state index in [-0.39, 0.29) is 41.2 Å². The fourth-order valence-electron chi connectivity index (χ4n) is 2.95. The van der Waals surface area contributed by atoms with Crippen molar-refractivity contribution >= 4 is 53.3 Å². The van der Waals surface area contributed by atoms with Crippen LogP contribution in [0.4, 0.5) is 10.1 Å². The van der Waals surface area contributed by atoms with Crippen molar-refractivity contribution in [2.45, 2.75) is 18.9 Å². The van der Waals surface area contributed by atoms with Crippen molar-refractivity contribution in [2.75, 3.05) is 30.0 Å². The molecular formula is C16H20Cl2FN3O2S. The van der Waals surface area contributed by atoms with Crippen LogP contribution in [0.5, 0.6) is 0 Å². The second-order valence-electron chi connectivity index (χ2n) is 5.99. The molecule has 2 N–H and O–H groups in total. The van der Waals surface area contributed by atoms with E-state index in [1.807, 2.05) is 4.90 Å². The van der Waals surface area contributed by atoms with Crippen LogP contribution < -0.4 is 10.6 Å². The number of anilines is 1. The number of hydrogen-bond donors (Lipinski definition) is 2. The van der Waals surface area contributed by atoms with Crippen molar-refractivity contribution in [1.82, 2.24) is 10.2 Å². The molecule has 0 radical (unpaired) electrons. The van der Waals surface area contributed by atoms with Crippen molar-refractivity contribution in [3.63, 3.8) is 0 Å². The first kappa shape index (κ1) is 20.3. The van der Waals surface area contributed by atoms with Gasteiger partial charge in [-0.1, -0.05) is 11.6 Å². The molecule has 1 aromatic rings. The molecule has 25 heavy (non-hydrogen) atoms. The van der Waals surface area contributed by atoms with Gasteiger partial charge in [0.2, 0.25) is 11.8 Å². The lowest BCUT2D eigenvalue weighted by Crippen LogP contribution is -2.49. The molecule has 2 aliphatic rings. The standard InChI is InChI=1S/C16H19ClFN3O2S.ClH/c17-12-7-11(1-2-13(12)18)20-15(22)10-3-5-21(6-4-10)16(23)14-8-24-9-19-14;/h1-2,7,10,14,19H,3-6,8-9H2,(H,20,22);1H. The van der Waals surface area contributed by atoms with Crippen LogP contribution in [0.3, 0.4) is 0 Å². The third-order valence-electron chi connectivity index (χ3n) is 4.38. The Hall–Kier alpha value is -1.02. The zero-order chi connectivity index (χ0) is 17.1. The predicted octanol–water partition coefficient (Wildman–Crippen LogP) is 2.74. The maximum Gasteiger partial charge on any atom is 0.240 e. The molecule has 0 aromatic heterocycles. The minimum atomic E-state index is -0.514.